The van der Waals surface area contributed by atoms with Gasteiger partial charge in [-0.3, -0.25) is 0 Å². The molecule has 6 nitrogen and oxygen atoms in total. The molecule has 0 amide bonds. The van der Waals surface area contributed by atoms with Crippen LogP contribution in [0.15, 0.2) is 36.5 Å². The summed E-state index contributed by atoms with van der Waals surface area (Å²) in [6.45, 7) is 7.32. The molecule has 3 aromatic rings. The van der Waals surface area contributed by atoms with Crippen LogP contribution in [0.3, 0.4) is 0 Å². The van der Waals surface area contributed by atoms with E-state index in [0.29, 0.717) is 17.3 Å². The first-order chi connectivity index (χ1) is 15.9. The summed E-state index contributed by atoms with van der Waals surface area (Å²) in [5.41, 5.74) is 3.27. The highest BCUT2D eigenvalue weighted by Gasteiger charge is 2.51. The molecule has 0 unspecified atom stereocenters. The lowest BCUT2D eigenvalue weighted by molar-refractivity contribution is -0.173. The number of aromatic nitrogens is 3. The third-order valence-corrected chi connectivity index (χ3v) is 7.91. The van der Waals surface area contributed by atoms with E-state index in [9.17, 15) is 17.7 Å². The standard InChI is InChI=1S/C23H27ClF3N5OS/c1-5-31(34(33)22(2,3)4)21(23(25,26)27)15-8-10-16(11-9-15)30-12-6-7-17-18(30)14-28-20-13-19(24)29-32(17)20/h8-11,13-14,21H,5-7,12H2,1-4H3/t21-,34+/m0/s1. The highest BCUT2D eigenvalue weighted by atomic mass is 35.5. The van der Waals surface area contributed by atoms with Crippen LogP contribution in [0.4, 0.5) is 24.5 Å². The fourth-order valence-corrected chi connectivity index (χ4v) is 5.84. The van der Waals surface area contributed by atoms with Crippen molar-refractivity contribution < 1.29 is 17.7 Å². The number of hydrogen-bond donors (Lipinski definition) is 0. The van der Waals surface area contributed by atoms with Crippen molar-refractivity contribution in [2.24, 2.45) is 0 Å². The Morgan fingerprint density at radius 3 is 2.47 bits per heavy atom. The van der Waals surface area contributed by atoms with Gasteiger partial charge < -0.3 is 9.45 Å². The Balaban J connectivity index is 1.69. The van der Waals surface area contributed by atoms with Gasteiger partial charge in [0.05, 0.1) is 17.6 Å². The lowest BCUT2D eigenvalue weighted by atomic mass is 10.0. The Kier molecular flexibility index (Phi) is 6.80. The van der Waals surface area contributed by atoms with E-state index in [1.165, 1.54) is 12.1 Å². The monoisotopic (exact) mass is 513 g/mol. The van der Waals surface area contributed by atoms with Crippen LogP contribution in [0.5, 0.6) is 0 Å². The molecular weight excluding hydrogens is 487 g/mol. The summed E-state index contributed by atoms with van der Waals surface area (Å²) in [5.74, 6) is 0. The number of hydrogen-bond acceptors (Lipinski definition) is 5. The minimum atomic E-state index is -4.58. The second-order valence-electron chi connectivity index (χ2n) is 9.21. The van der Waals surface area contributed by atoms with Crippen LogP contribution >= 0.6 is 11.6 Å². The Morgan fingerprint density at radius 2 is 1.88 bits per heavy atom. The Labute approximate surface area is 205 Å². The average molecular weight is 514 g/mol. The lowest BCUT2D eigenvalue weighted by Gasteiger charge is -2.37. The van der Waals surface area contributed by atoms with Gasteiger partial charge in [0.15, 0.2) is 16.8 Å². The second kappa shape index (κ2) is 9.22. The zero-order chi connectivity index (χ0) is 24.8. The lowest BCUT2D eigenvalue weighted by Crippen LogP contribution is -2.48. The summed E-state index contributed by atoms with van der Waals surface area (Å²) in [6, 6.07) is 6.03. The minimum absolute atomic E-state index is 0.00338. The van der Waals surface area contributed by atoms with Gasteiger partial charge in [0.2, 0.25) is 0 Å². The fraction of sp³-hybridized carbons (Fsp3) is 0.478. The fourth-order valence-electron chi connectivity index (χ4n) is 4.30. The van der Waals surface area contributed by atoms with Crippen molar-refractivity contribution in [3.63, 3.8) is 0 Å². The van der Waals surface area contributed by atoms with Crippen LogP contribution in [0, 0.1) is 0 Å². The predicted molar refractivity (Wildman–Crippen MR) is 129 cm³/mol. The summed E-state index contributed by atoms with van der Waals surface area (Å²) in [7, 11) is 0. The number of anilines is 2. The van der Waals surface area contributed by atoms with E-state index in [2.05, 4.69) is 10.1 Å². The highest BCUT2D eigenvalue weighted by Crippen LogP contribution is 2.42. The van der Waals surface area contributed by atoms with E-state index < -0.39 is 28.3 Å². The van der Waals surface area contributed by atoms with Gasteiger partial charge in [-0.05, 0) is 58.2 Å². The molecule has 1 aliphatic heterocycles. The van der Waals surface area contributed by atoms with Crippen molar-refractivity contribution in [2.75, 3.05) is 18.0 Å². The number of alkyl halides is 3. The van der Waals surface area contributed by atoms with Crippen LogP contribution in [0.25, 0.3) is 5.65 Å². The smallest absolute Gasteiger partial charge is 0.412 e. The predicted octanol–water partition coefficient (Wildman–Crippen LogP) is 5.85. The Morgan fingerprint density at radius 1 is 1.21 bits per heavy atom. The molecule has 2 aromatic heterocycles. The Hall–Kier alpha value is -2.01. The SMILES string of the molecule is CCN([C@@H](c1ccc(N2CCCc3c2cnc2cc(Cl)nn32)cc1)C(F)(F)F)[S@+]([O-])C(C)(C)C. The van der Waals surface area contributed by atoms with Crippen molar-refractivity contribution in [1.82, 2.24) is 18.9 Å². The molecule has 11 heteroatoms. The molecule has 0 radical (unpaired) electrons. The molecular formula is C23H27ClF3N5OS. The van der Waals surface area contributed by atoms with E-state index in [-0.39, 0.29) is 12.1 Å². The van der Waals surface area contributed by atoms with Crippen molar-refractivity contribution >= 4 is 40.0 Å². The van der Waals surface area contributed by atoms with E-state index in [1.54, 1.807) is 56.6 Å². The number of benzene rings is 1. The maximum atomic E-state index is 14.2. The van der Waals surface area contributed by atoms with E-state index in [4.69, 9.17) is 11.6 Å². The third-order valence-electron chi connectivity index (χ3n) is 5.78. The zero-order valence-electron chi connectivity index (χ0n) is 19.4. The molecule has 3 heterocycles. The minimum Gasteiger partial charge on any atom is -0.597 e. The summed E-state index contributed by atoms with van der Waals surface area (Å²) < 4.78 is 57.4. The molecule has 0 fully saturated rings. The van der Waals surface area contributed by atoms with Crippen LogP contribution in [0.2, 0.25) is 5.15 Å². The second-order valence-corrected chi connectivity index (χ2v) is 11.8. The first kappa shape index (κ1) is 25.1. The maximum absolute atomic E-state index is 14.2. The molecule has 184 valence electrons. The number of rotatable bonds is 5. The van der Waals surface area contributed by atoms with Crippen molar-refractivity contribution in [2.45, 2.75) is 57.5 Å². The van der Waals surface area contributed by atoms with Gasteiger partial charge in [-0.2, -0.15) is 18.3 Å². The van der Waals surface area contributed by atoms with Gasteiger partial charge in [-0.25, -0.2) is 9.50 Å². The van der Waals surface area contributed by atoms with Crippen LogP contribution in [-0.2, 0) is 17.8 Å². The third kappa shape index (κ3) is 4.73. The van der Waals surface area contributed by atoms with Gasteiger partial charge in [-0.1, -0.05) is 23.7 Å². The number of nitrogens with zero attached hydrogens (tertiary/aromatic N) is 5. The molecule has 0 bridgehead atoms. The van der Waals surface area contributed by atoms with E-state index in [1.807, 2.05) is 4.90 Å². The average Bonchev–Trinajstić information content (AvgIpc) is 3.16. The quantitative estimate of drug-likeness (QED) is 0.400. The topological polar surface area (TPSA) is 59.7 Å². The first-order valence-corrected chi connectivity index (χ1v) is 12.6. The van der Waals surface area contributed by atoms with Gasteiger partial charge in [0.25, 0.3) is 0 Å². The molecule has 0 saturated carbocycles. The summed E-state index contributed by atoms with van der Waals surface area (Å²) >= 11 is 4.22. The van der Waals surface area contributed by atoms with Crippen LogP contribution in [0.1, 0.15) is 51.4 Å². The van der Waals surface area contributed by atoms with Gasteiger partial charge in [0, 0.05) is 36.2 Å². The Bertz CT molecular complexity index is 1160. The molecule has 1 aliphatic rings. The van der Waals surface area contributed by atoms with Crippen molar-refractivity contribution in [3.05, 3.63) is 52.9 Å². The van der Waals surface area contributed by atoms with E-state index >= 15 is 0 Å². The number of halogens is 4. The van der Waals surface area contributed by atoms with Gasteiger partial charge >= 0.3 is 6.18 Å². The summed E-state index contributed by atoms with van der Waals surface area (Å²) in [4.78, 5) is 6.46. The van der Waals surface area contributed by atoms with Crippen LogP contribution in [-0.4, -0.2) is 47.5 Å². The summed E-state index contributed by atoms with van der Waals surface area (Å²) in [6.07, 6.45) is -1.18. The summed E-state index contributed by atoms with van der Waals surface area (Å²) in [5, 5.41) is 4.67. The molecule has 2 atom stereocenters. The molecule has 34 heavy (non-hydrogen) atoms. The van der Waals surface area contributed by atoms with Gasteiger partial charge in [0.1, 0.15) is 4.75 Å². The molecule has 0 N–H and O–H groups in total. The molecule has 0 saturated heterocycles. The maximum Gasteiger partial charge on any atom is 0.412 e. The largest absolute Gasteiger partial charge is 0.597 e. The van der Waals surface area contributed by atoms with Crippen molar-refractivity contribution in [3.8, 4) is 0 Å². The number of aryl methyl sites for hydroxylation is 1. The highest BCUT2D eigenvalue weighted by molar-refractivity contribution is 7.90. The molecule has 0 aliphatic carbocycles. The molecule has 4 rings (SSSR count). The van der Waals surface area contributed by atoms with Crippen LogP contribution < -0.4 is 4.90 Å². The molecule has 1 aromatic carbocycles. The van der Waals surface area contributed by atoms with Crippen molar-refractivity contribution in [1.29, 1.82) is 0 Å². The van der Waals surface area contributed by atoms with E-state index in [0.717, 1.165) is 34.2 Å². The first-order valence-electron chi connectivity index (χ1n) is 11.1. The number of fused-ring (bicyclic) bond motifs is 3. The zero-order valence-corrected chi connectivity index (χ0v) is 21.0. The molecule has 0 spiro atoms. The normalized spacial score (nSPS) is 16.7. The van der Waals surface area contributed by atoms with Gasteiger partial charge in [-0.15, -0.1) is 4.31 Å².